The monoisotopic (exact) mass is 1230 g/mol. The summed E-state index contributed by atoms with van der Waals surface area (Å²) < 4.78 is 0. The summed E-state index contributed by atoms with van der Waals surface area (Å²) in [5.74, 6) is 0. The van der Waals surface area contributed by atoms with Gasteiger partial charge in [0.05, 0.1) is 0 Å². The number of hydrogen-bond acceptors (Lipinski definition) is 0. The van der Waals surface area contributed by atoms with Crippen LogP contribution in [0.4, 0.5) is 0 Å². The van der Waals surface area contributed by atoms with E-state index in [-0.39, 0.29) is 1530 Å². The van der Waals surface area contributed by atoms with Crippen molar-refractivity contribution in [1.29, 1.82) is 0 Å². The van der Waals surface area contributed by atoms with Crippen LogP contribution in [-0.2, 0) is 0 Å². The molecular formula is H55Na49O3. The Kier molecular flexibility index (Phi) is 3310. The van der Waals surface area contributed by atoms with Gasteiger partial charge in [0, 0.05) is 0 Å². The van der Waals surface area contributed by atoms with Crippen LogP contribution in [0.15, 0.2) is 0 Å². The third-order valence-electron chi connectivity index (χ3n) is 0. The van der Waals surface area contributed by atoms with Crippen molar-refractivity contribution in [1.82, 2.24) is 0 Å². The molecular weight excluding hydrogens is 1170 g/mol. The van der Waals surface area contributed by atoms with Crippen LogP contribution in [0.1, 0.15) is 69.9 Å². The van der Waals surface area contributed by atoms with E-state index >= 15 is 0 Å². The summed E-state index contributed by atoms with van der Waals surface area (Å²) in [5.41, 5.74) is 0. The van der Waals surface area contributed by atoms with Crippen LogP contribution in [0.2, 0.25) is 0 Å². The van der Waals surface area contributed by atoms with Crippen LogP contribution < -0.4 is 1450 Å². The van der Waals surface area contributed by atoms with Crippen LogP contribution in [0.3, 0.4) is 0 Å². The van der Waals surface area contributed by atoms with E-state index in [1.165, 1.54) is 0 Å². The molecule has 0 rings (SSSR count). The molecule has 0 saturated heterocycles. The van der Waals surface area contributed by atoms with Crippen molar-refractivity contribution in [2.45, 2.75) is 0 Å². The largest absolute Gasteiger partial charge is 1.00 e. The summed E-state index contributed by atoms with van der Waals surface area (Å²) in [7, 11) is 0. The van der Waals surface area contributed by atoms with Gasteiger partial charge in [0.1, 0.15) is 0 Å². The first-order valence-corrected chi connectivity index (χ1v) is 0. The quantitative estimate of drug-likeness (QED) is 0.216. The second kappa shape index (κ2) is 409. The van der Waals surface area contributed by atoms with Crippen LogP contribution in [-0.4, -0.2) is 16.4 Å². The van der Waals surface area contributed by atoms with E-state index in [1.54, 1.807) is 0 Å². The minimum absolute atomic E-state index is 0. The Bertz CT molecular complexity index is 117. The summed E-state index contributed by atoms with van der Waals surface area (Å²) in [5, 5.41) is 0. The third kappa shape index (κ3) is 396. The predicted octanol–water partition coefficient (Wildman–Crippen LogP) is -144. The van der Waals surface area contributed by atoms with Crippen molar-refractivity contribution in [3.8, 4) is 0 Å². The van der Waals surface area contributed by atoms with Crippen molar-refractivity contribution < 1.29 is 1530 Å². The molecule has 0 bridgehead atoms. The van der Waals surface area contributed by atoms with E-state index in [4.69, 9.17) is 0 Å². The molecule has 0 atom stereocenters. The average molecular weight is 1230 g/mol. The van der Waals surface area contributed by atoms with Gasteiger partial charge < -0.3 is 86.3 Å². The molecule has 122 valence electrons. The Hall–Kier alpha value is 48.9. The average Bonchev–Trinajstić information content (AvgIpc) is 0. The zero-order valence-electron chi connectivity index (χ0n) is 99.5. The van der Waals surface area contributed by atoms with Crippen molar-refractivity contribution in [3.05, 3.63) is 0 Å². The van der Waals surface area contributed by atoms with Crippen LogP contribution in [0, 0.1) is 0 Å². The first-order chi connectivity index (χ1) is 0. The first-order valence-electron chi connectivity index (χ1n) is 0. The Morgan fingerprint density at radius 1 is 0.0577 bits per heavy atom. The van der Waals surface area contributed by atoms with E-state index in [0.29, 0.717) is 0 Å². The Morgan fingerprint density at radius 3 is 0.0577 bits per heavy atom. The topological polar surface area (TPSA) is 94.5 Å². The van der Waals surface area contributed by atoms with Crippen molar-refractivity contribution in [2.24, 2.45) is 0 Å². The maximum Gasteiger partial charge on any atom is 1.00 e. The summed E-state index contributed by atoms with van der Waals surface area (Å²) in [4.78, 5) is 0. The molecule has 0 aliphatic heterocycles. The zero-order valence-corrected chi connectivity index (χ0v) is 148. The molecule has 0 amide bonds. The maximum atomic E-state index is 0. The molecule has 52 heavy (non-hydrogen) atoms. The normalized spacial score (nSPS) is 0. The molecule has 0 radical (unpaired) electrons. The van der Waals surface area contributed by atoms with Gasteiger partial charge in [-0.2, -0.15) is 0 Å². The molecule has 0 aliphatic rings. The van der Waals surface area contributed by atoms with Crippen molar-refractivity contribution in [2.75, 3.05) is 0 Å². The molecule has 0 spiro atoms. The minimum atomic E-state index is 0. The van der Waals surface area contributed by atoms with Crippen molar-refractivity contribution in [3.63, 3.8) is 0 Å². The van der Waals surface area contributed by atoms with Crippen LogP contribution >= 0.6 is 0 Å². The smallest absolute Gasteiger partial charge is 1.00 e. The van der Waals surface area contributed by atoms with Crippen LogP contribution in [0.5, 0.6) is 0 Å². The van der Waals surface area contributed by atoms with E-state index < -0.39 is 0 Å². The third-order valence-corrected chi connectivity index (χ3v) is 0. The van der Waals surface area contributed by atoms with Gasteiger partial charge in [-0.1, -0.05) is 0 Å². The van der Waals surface area contributed by atoms with Gasteiger partial charge in [0.25, 0.3) is 0 Å². The van der Waals surface area contributed by atoms with Gasteiger partial charge in [-0.05, 0) is 0 Å². The molecule has 0 aromatic carbocycles. The predicted molar refractivity (Wildman–Crippen MR) is 65.3 cm³/mol. The molecule has 0 unspecified atom stereocenters. The van der Waals surface area contributed by atoms with Crippen molar-refractivity contribution >= 4 is 0 Å². The minimum Gasteiger partial charge on any atom is -1.00 e. The summed E-state index contributed by atoms with van der Waals surface area (Å²) in [6.07, 6.45) is 0. The summed E-state index contributed by atoms with van der Waals surface area (Å²) >= 11 is 0. The number of rotatable bonds is 0. The summed E-state index contributed by atoms with van der Waals surface area (Å²) in [6.45, 7) is 0. The SMILES string of the molecule is O.O.O.[H-].[H-].[H-].[H-].[H-].[H-].[H-].[H-].[H-].[H-].[H-].[H-].[H-].[H-].[H-].[H-].[H-].[H-].[H-].[H-].[H-].[H-].[H-].[H-].[H-].[H-].[H-].[H-].[H-].[H-].[H-].[H-].[H-].[H-].[H-].[H-].[H-].[H-].[H-].[H-].[H-].[H-].[H-].[H-].[H-].[H-].[H-].[H-].[H-].[Na+].[Na+].[Na+].[Na+].[Na+].[Na+].[Na+].[Na+].[Na+].[Na+].[Na+].[Na+].[Na+].[Na+].[Na+].[Na+].[Na+].[Na+].[Na+].[Na+].[Na+].[Na+].[Na+].[Na+].[Na+].[Na+].[Na+].[Na+].[Na+].[Na+].[Na+].[Na+].[Na+].[Na+].[Na+].[Na+].[Na+].[Na+].[Na+].[Na+].[Na+].[Na+].[Na+].[Na+].[Na+].[Na+].[Na+].[Na+].[Na+]. The molecule has 0 aromatic heterocycles. The molecule has 52 heteroatoms. The second-order valence-electron chi connectivity index (χ2n) is 0. The second-order valence-corrected chi connectivity index (χ2v) is 0. The molecule has 0 aromatic rings. The fourth-order valence-electron chi connectivity index (χ4n) is 0. The fourth-order valence-corrected chi connectivity index (χ4v) is 0. The maximum absolute atomic E-state index is 0. The van der Waals surface area contributed by atoms with Gasteiger partial charge in [0.2, 0.25) is 0 Å². The van der Waals surface area contributed by atoms with Crippen LogP contribution in [0.25, 0.3) is 0 Å². The van der Waals surface area contributed by atoms with E-state index in [9.17, 15) is 0 Å². The Labute approximate surface area is 1480 Å². The fraction of sp³-hybridized carbons (Fsp3) is 0. The standard InChI is InChI=1S/49Na.3H2O.49H/h;;;;;;;;;;;;;;;;;;;;;;;;;;;;;;;;;;;;;;;;;;;;;;;;;3*1H2;;;;;;;;;;;;;;;;;;;;;;;;;;;;;;;;;;;;;;;;;;;;;;;;;/q49*+1;;;;49*-1. The van der Waals surface area contributed by atoms with Gasteiger partial charge >= 0.3 is 1450 Å². The molecule has 6 N–H and O–H groups in total. The number of hydrogen-bond donors (Lipinski definition) is 0. The van der Waals surface area contributed by atoms with Gasteiger partial charge in [-0.3, -0.25) is 0 Å². The molecule has 0 heterocycles. The van der Waals surface area contributed by atoms with E-state index in [1.807, 2.05) is 0 Å². The van der Waals surface area contributed by atoms with Gasteiger partial charge in [-0.15, -0.1) is 0 Å². The molecule has 3 nitrogen and oxygen atoms in total. The van der Waals surface area contributed by atoms with Gasteiger partial charge in [-0.25, -0.2) is 0 Å². The molecule has 0 saturated carbocycles. The molecule has 0 aliphatic carbocycles. The zero-order chi connectivity index (χ0) is 0. The Balaban J connectivity index is 0. The van der Waals surface area contributed by atoms with Gasteiger partial charge in [0.15, 0.2) is 0 Å². The Morgan fingerprint density at radius 2 is 0.0577 bits per heavy atom. The molecule has 0 fully saturated rings. The summed E-state index contributed by atoms with van der Waals surface area (Å²) in [6, 6.07) is 0. The van der Waals surface area contributed by atoms with E-state index in [0.717, 1.165) is 0 Å². The van der Waals surface area contributed by atoms with E-state index in [2.05, 4.69) is 0 Å². The first kappa shape index (κ1) is 421.